The molecule has 1 aliphatic heterocycles. The van der Waals surface area contributed by atoms with E-state index in [-0.39, 0.29) is 17.4 Å². The summed E-state index contributed by atoms with van der Waals surface area (Å²) in [6, 6.07) is 18.8. The number of fused-ring (bicyclic) bond motifs is 1. The van der Waals surface area contributed by atoms with Crippen molar-refractivity contribution >= 4 is 11.5 Å². The normalized spacial score (nSPS) is 15.7. The number of aromatic amines is 1. The molecule has 0 bridgehead atoms. The van der Waals surface area contributed by atoms with Crippen LogP contribution in [0.2, 0.25) is 0 Å². The van der Waals surface area contributed by atoms with E-state index in [4.69, 9.17) is 0 Å². The average Bonchev–Trinajstić information content (AvgIpc) is 2.73. The number of H-pyrrole nitrogens is 1. The van der Waals surface area contributed by atoms with Crippen LogP contribution < -0.4 is 10.5 Å². The van der Waals surface area contributed by atoms with Crippen molar-refractivity contribution in [3.8, 4) is 0 Å². The molecule has 2 heterocycles. The van der Waals surface area contributed by atoms with Gasteiger partial charge in [0.1, 0.15) is 0 Å². The van der Waals surface area contributed by atoms with Crippen LogP contribution in [-0.2, 0) is 12.8 Å². The van der Waals surface area contributed by atoms with Gasteiger partial charge in [-0.2, -0.15) is 0 Å². The molecule has 3 aromatic rings. The van der Waals surface area contributed by atoms with E-state index >= 15 is 0 Å². The van der Waals surface area contributed by atoms with Crippen LogP contribution in [-0.4, -0.2) is 17.3 Å². The average molecular weight is 401 g/mol. The highest BCUT2D eigenvalue weighted by Crippen LogP contribution is 2.34. The molecule has 154 valence electrons. The molecule has 1 unspecified atom stereocenters. The lowest BCUT2D eigenvalue weighted by molar-refractivity contribution is 0.0982. The van der Waals surface area contributed by atoms with Crippen molar-refractivity contribution in [1.82, 2.24) is 4.98 Å². The SMILES string of the molecule is Cc1cc(C)c(CCC(=O)c2ccc3c(c2)CCN(c2ccccc2)C3C)c(=O)[nH]1. The topological polar surface area (TPSA) is 53.2 Å². The Labute approximate surface area is 177 Å². The zero-order chi connectivity index (χ0) is 21.3. The molecule has 4 nitrogen and oxygen atoms in total. The number of nitrogens with one attached hydrogen (secondary N) is 1. The molecular formula is C26H28N2O2. The van der Waals surface area contributed by atoms with Crippen molar-refractivity contribution in [2.24, 2.45) is 0 Å². The minimum absolute atomic E-state index is 0.0828. The highest BCUT2D eigenvalue weighted by Gasteiger charge is 2.24. The summed E-state index contributed by atoms with van der Waals surface area (Å²) in [7, 11) is 0. The Bertz CT molecular complexity index is 1130. The van der Waals surface area contributed by atoms with Crippen LogP contribution in [0.15, 0.2) is 59.4 Å². The summed E-state index contributed by atoms with van der Waals surface area (Å²) in [6.45, 7) is 6.96. The first-order valence-electron chi connectivity index (χ1n) is 10.6. The number of carbonyl (C=O) groups excluding carboxylic acids is 1. The van der Waals surface area contributed by atoms with Gasteiger partial charge in [-0.25, -0.2) is 0 Å². The summed E-state index contributed by atoms with van der Waals surface area (Å²) in [6.07, 6.45) is 1.74. The number of hydrogen-bond donors (Lipinski definition) is 1. The van der Waals surface area contributed by atoms with E-state index in [1.54, 1.807) is 0 Å². The Morgan fingerprint density at radius 3 is 2.60 bits per heavy atom. The van der Waals surface area contributed by atoms with E-state index in [2.05, 4.69) is 53.2 Å². The van der Waals surface area contributed by atoms with Gasteiger partial charge in [-0.15, -0.1) is 0 Å². The minimum Gasteiger partial charge on any atom is -0.364 e. The fourth-order valence-electron chi connectivity index (χ4n) is 4.55. The van der Waals surface area contributed by atoms with Gasteiger partial charge in [-0.3, -0.25) is 9.59 Å². The highest BCUT2D eigenvalue weighted by molar-refractivity contribution is 5.96. The highest BCUT2D eigenvalue weighted by atomic mass is 16.1. The Hall–Kier alpha value is -3.14. The molecule has 30 heavy (non-hydrogen) atoms. The van der Waals surface area contributed by atoms with Crippen molar-refractivity contribution in [2.75, 3.05) is 11.4 Å². The number of carbonyl (C=O) groups is 1. The molecule has 0 aliphatic carbocycles. The number of anilines is 1. The third-order valence-corrected chi connectivity index (χ3v) is 6.19. The Kier molecular flexibility index (Phi) is 5.58. The third kappa shape index (κ3) is 3.95. The van der Waals surface area contributed by atoms with Crippen LogP contribution in [0.25, 0.3) is 0 Å². The molecule has 0 amide bonds. The number of aryl methyl sites for hydroxylation is 2. The number of nitrogens with zero attached hydrogens (tertiary/aromatic N) is 1. The number of para-hydroxylation sites is 1. The number of rotatable bonds is 5. The second-order valence-electron chi connectivity index (χ2n) is 8.23. The van der Waals surface area contributed by atoms with Gasteiger partial charge in [0.15, 0.2) is 5.78 Å². The maximum absolute atomic E-state index is 12.8. The first kappa shape index (κ1) is 20.1. The lowest BCUT2D eigenvalue weighted by atomic mass is 9.90. The molecule has 0 saturated carbocycles. The van der Waals surface area contributed by atoms with Crippen LogP contribution in [0.1, 0.15) is 57.7 Å². The molecule has 0 radical (unpaired) electrons. The van der Waals surface area contributed by atoms with Crippen LogP contribution in [0.5, 0.6) is 0 Å². The Morgan fingerprint density at radius 2 is 1.87 bits per heavy atom. The van der Waals surface area contributed by atoms with Gasteiger partial charge in [0.2, 0.25) is 0 Å². The molecule has 0 spiro atoms. The fourth-order valence-corrected chi connectivity index (χ4v) is 4.55. The first-order valence-corrected chi connectivity index (χ1v) is 10.6. The molecular weight excluding hydrogens is 372 g/mol. The summed E-state index contributed by atoms with van der Waals surface area (Å²) in [4.78, 5) is 30.3. The van der Waals surface area contributed by atoms with E-state index in [0.29, 0.717) is 18.4 Å². The van der Waals surface area contributed by atoms with Crippen molar-refractivity contribution in [3.63, 3.8) is 0 Å². The molecule has 0 fully saturated rings. The predicted molar refractivity (Wildman–Crippen MR) is 122 cm³/mol. The van der Waals surface area contributed by atoms with E-state index in [1.807, 2.05) is 32.0 Å². The lowest BCUT2D eigenvalue weighted by Gasteiger charge is -2.37. The van der Waals surface area contributed by atoms with Crippen molar-refractivity contribution < 1.29 is 4.79 Å². The van der Waals surface area contributed by atoms with E-state index in [9.17, 15) is 9.59 Å². The maximum atomic E-state index is 12.8. The van der Waals surface area contributed by atoms with E-state index in [1.165, 1.54) is 16.8 Å². The monoisotopic (exact) mass is 400 g/mol. The van der Waals surface area contributed by atoms with Gasteiger partial charge < -0.3 is 9.88 Å². The standard InChI is InChI=1S/C26H28N2O2/c1-17-15-18(2)27-26(30)23(17)11-12-25(29)21-9-10-24-19(3)28(14-13-20(24)16-21)22-7-5-4-6-8-22/h4-10,15-16,19H,11-14H2,1-3H3,(H,27,30). The molecule has 1 aliphatic rings. The van der Waals surface area contributed by atoms with Gasteiger partial charge in [-0.1, -0.05) is 30.3 Å². The molecule has 2 aromatic carbocycles. The minimum atomic E-state index is -0.0828. The number of aromatic nitrogens is 1. The fraction of sp³-hybridized carbons (Fsp3) is 0.308. The van der Waals surface area contributed by atoms with Gasteiger partial charge in [0.25, 0.3) is 5.56 Å². The van der Waals surface area contributed by atoms with Gasteiger partial charge in [0.05, 0.1) is 6.04 Å². The second-order valence-corrected chi connectivity index (χ2v) is 8.23. The van der Waals surface area contributed by atoms with Crippen molar-refractivity contribution in [3.05, 3.63) is 98.5 Å². The Balaban J connectivity index is 1.50. The van der Waals surface area contributed by atoms with Crippen LogP contribution >= 0.6 is 0 Å². The number of Topliss-reactive ketones (excluding diaryl/α,β-unsaturated/α-hetero) is 1. The number of hydrogen-bond acceptors (Lipinski definition) is 3. The first-order chi connectivity index (χ1) is 14.4. The van der Waals surface area contributed by atoms with Gasteiger partial charge in [-0.05, 0) is 74.6 Å². The van der Waals surface area contributed by atoms with Crippen LogP contribution in [0, 0.1) is 13.8 Å². The molecule has 0 saturated heterocycles. The van der Waals surface area contributed by atoms with Crippen LogP contribution in [0.4, 0.5) is 5.69 Å². The molecule has 4 rings (SSSR count). The zero-order valence-corrected chi connectivity index (χ0v) is 17.9. The quantitative estimate of drug-likeness (QED) is 0.618. The summed E-state index contributed by atoms with van der Waals surface area (Å²) in [5.74, 6) is 0.0929. The zero-order valence-electron chi connectivity index (χ0n) is 17.9. The summed E-state index contributed by atoms with van der Waals surface area (Å²) < 4.78 is 0. The molecule has 1 aromatic heterocycles. The van der Waals surface area contributed by atoms with E-state index in [0.717, 1.165) is 29.8 Å². The van der Waals surface area contributed by atoms with Gasteiger partial charge in [0, 0.05) is 35.5 Å². The number of ketones is 1. The maximum Gasteiger partial charge on any atom is 0.251 e. The summed E-state index contributed by atoms with van der Waals surface area (Å²) in [5.41, 5.74) is 6.94. The molecule has 1 N–H and O–H groups in total. The van der Waals surface area contributed by atoms with E-state index < -0.39 is 0 Å². The lowest BCUT2D eigenvalue weighted by Crippen LogP contribution is -2.34. The smallest absolute Gasteiger partial charge is 0.251 e. The Morgan fingerprint density at radius 1 is 1.10 bits per heavy atom. The summed E-state index contributed by atoms with van der Waals surface area (Å²) >= 11 is 0. The third-order valence-electron chi connectivity index (χ3n) is 6.19. The predicted octanol–water partition coefficient (Wildman–Crippen LogP) is 4.93. The largest absolute Gasteiger partial charge is 0.364 e. The number of benzene rings is 2. The molecule has 1 atom stereocenters. The summed E-state index contributed by atoms with van der Waals surface area (Å²) in [5, 5.41) is 0. The second kappa shape index (κ2) is 8.31. The molecule has 4 heteroatoms. The number of pyridine rings is 1. The van der Waals surface area contributed by atoms with Crippen LogP contribution in [0.3, 0.4) is 0 Å². The van der Waals surface area contributed by atoms with Gasteiger partial charge >= 0.3 is 0 Å². The van der Waals surface area contributed by atoms with Crippen molar-refractivity contribution in [2.45, 2.75) is 46.1 Å². The van der Waals surface area contributed by atoms with Crippen molar-refractivity contribution in [1.29, 1.82) is 0 Å².